The fourth-order valence-corrected chi connectivity index (χ4v) is 1.92. The van der Waals surface area contributed by atoms with Crippen molar-refractivity contribution in [3.05, 3.63) is 22.7 Å². The van der Waals surface area contributed by atoms with Gasteiger partial charge in [0.1, 0.15) is 17.4 Å². The second-order valence-electron chi connectivity index (χ2n) is 3.81. The Balaban J connectivity index is 2.62. The Labute approximate surface area is 98.1 Å². The molecule has 1 aromatic heterocycles. The number of fused-ring (bicyclic) bond motifs is 1. The molecule has 2 rings (SSSR count). The minimum atomic E-state index is -0.660. The van der Waals surface area contributed by atoms with Crippen LogP contribution in [0.5, 0.6) is 5.88 Å². The molecule has 1 aliphatic rings. The van der Waals surface area contributed by atoms with Gasteiger partial charge in [0.25, 0.3) is 0 Å². The minimum Gasteiger partial charge on any atom is -0.420 e. The summed E-state index contributed by atoms with van der Waals surface area (Å²) in [5.41, 5.74) is 7.11. The average Bonchev–Trinajstić information content (AvgIpc) is 2.68. The maximum atomic E-state index is 12.0. The quantitative estimate of drug-likeness (QED) is 0.787. The predicted molar refractivity (Wildman–Crippen MR) is 58.8 cm³/mol. The standard InChI is InChI=1S/C11H12N4O2/c1-3-7(16)9-6(4-12)10(13)17-11-8(9)5(2)14-15-11/h9H,3,13H2,1-2H3,(H,14,15). The molecule has 0 bridgehead atoms. The molecule has 6 nitrogen and oxygen atoms in total. The highest BCUT2D eigenvalue weighted by atomic mass is 16.5. The van der Waals surface area contributed by atoms with Gasteiger partial charge >= 0.3 is 0 Å². The molecule has 3 N–H and O–H groups in total. The second-order valence-corrected chi connectivity index (χ2v) is 3.81. The number of hydrogen-bond donors (Lipinski definition) is 2. The Morgan fingerprint density at radius 2 is 2.41 bits per heavy atom. The lowest BCUT2D eigenvalue weighted by Gasteiger charge is -2.21. The summed E-state index contributed by atoms with van der Waals surface area (Å²) in [5, 5.41) is 15.7. The molecule has 0 radical (unpaired) electrons. The Morgan fingerprint density at radius 1 is 1.71 bits per heavy atom. The predicted octanol–water partition coefficient (Wildman–Crippen LogP) is 0.867. The van der Waals surface area contributed by atoms with E-state index in [-0.39, 0.29) is 23.1 Å². The summed E-state index contributed by atoms with van der Waals surface area (Å²) in [4.78, 5) is 12.0. The second kappa shape index (κ2) is 3.94. The number of carbonyl (C=O) groups excluding carboxylic acids is 1. The molecule has 6 heteroatoms. The zero-order chi connectivity index (χ0) is 12.6. The molecule has 0 spiro atoms. The number of ketones is 1. The summed E-state index contributed by atoms with van der Waals surface area (Å²) in [6.07, 6.45) is 0.327. The van der Waals surface area contributed by atoms with Gasteiger partial charge in [-0.1, -0.05) is 6.92 Å². The summed E-state index contributed by atoms with van der Waals surface area (Å²) < 4.78 is 5.22. The van der Waals surface area contributed by atoms with Gasteiger partial charge in [0.15, 0.2) is 0 Å². The number of aryl methyl sites for hydroxylation is 1. The SMILES string of the molecule is CCC(=O)C1C(C#N)=C(N)Oc2n[nH]c(C)c21. The highest BCUT2D eigenvalue weighted by molar-refractivity contribution is 5.91. The molecule has 0 saturated carbocycles. The van der Waals surface area contributed by atoms with Crippen LogP contribution >= 0.6 is 0 Å². The molecule has 2 heterocycles. The number of aromatic nitrogens is 2. The van der Waals surface area contributed by atoms with Crippen molar-refractivity contribution in [2.24, 2.45) is 5.73 Å². The van der Waals surface area contributed by atoms with Crippen LogP contribution < -0.4 is 10.5 Å². The Kier molecular flexibility index (Phi) is 2.60. The Morgan fingerprint density at radius 3 is 3.00 bits per heavy atom. The first-order valence-electron chi connectivity index (χ1n) is 5.25. The van der Waals surface area contributed by atoms with Gasteiger partial charge in [-0.2, -0.15) is 5.26 Å². The summed E-state index contributed by atoms with van der Waals surface area (Å²) in [5.74, 6) is -0.491. The number of nitriles is 1. The number of carbonyl (C=O) groups is 1. The van der Waals surface area contributed by atoms with E-state index in [0.29, 0.717) is 17.7 Å². The van der Waals surface area contributed by atoms with Gasteiger partial charge in [-0.3, -0.25) is 9.89 Å². The van der Waals surface area contributed by atoms with Gasteiger partial charge < -0.3 is 10.5 Å². The molecular formula is C11H12N4O2. The van der Waals surface area contributed by atoms with E-state index in [0.717, 1.165) is 0 Å². The first-order chi connectivity index (χ1) is 8.10. The minimum absolute atomic E-state index is 0.0432. The fraction of sp³-hybridized carbons (Fsp3) is 0.364. The molecule has 88 valence electrons. The van der Waals surface area contributed by atoms with Crippen molar-refractivity contribution in [2.75, 3.05) is 0 Å². The van der Waals surface area contributed by atoms with Gasteiger partial charge in [-0.15, -0.1) is 5.10 Å². The van der Waals surface area contributed by atoms with E-state index in [1.165, 1.54) is 0 Å². The van der Waals surface area contributed by atoms with Crippen LogP contribution in [-0.4, -0.2) is 16.0 Å². The third-order valence-electron chi connectivity index (χ3n) is 2.80. The van der Waals surface area contributed by atoms with Crippen LogP contribution in [0, 0.1) is 18.3 Å². The molecule has 0 amide bonds. The van der Waals surface area contributed by atoms with E-state index >= 15 is 0 Å². The molecule has 1 unspecified atom stereocenters. The molecule has 17 heavy (non-hydrogen) atoms. The molecule has 0 aliphatic carbocycles. The van der Waals surface area contributed by atoms with Gasteiger partial charge in [-0.25, -0.2) is 0 Å². The number of allylic oxidation sites excluding steroid dienone is 1. The highest BCUT2D eigenvalue weighted by Gasteiger charge is 2.36. The van der Waals surface area contributed by atoms with Crippen molar-refractivity contribution in [2.45, 2.75) is 26.2 Å². The lowest BCUT2D eigenvalue weighted by Crippen LogP contribution is -2.25. The number of nitrogens with zero attached hydrogens (tertiary/aromatic N) is 2. The average molecular weight is 232 g/mol. The van der Waals surface area contributed by atoms with Crippen molar-refractivity contribution in [1.29, 1.82) is 5.26 Å². The van der Waals surface area contributed by atoms with Gasteiger partial charge in [0.05, 0.1) is 11.5 Å². The number of Topliss-reactive ketones (excluding diaryl/α,β-unsaturated/α-hetero) is 1. The number of rotatable bonds is 2. The number of ether oxygens (including phenoxy) is 1. The van der Waals surface area contributed by atoms with Crippen molar-refractivity contribution in [3.8, 4) is 11.9 Å². The third-order valence-corrected chi connectivity index (χ3v) is 2.80. The van der Waals surface area contributed by atoms with Gasteiger partial charge in [-0.05, 0) is 6.92 Å². The first kappa shape index (κ1) is 11.2. The molecule has 1 aliphatic heterocycles. The number of nitrogens with two attached hydrogens (primary N) is 1. The zero-order valence-electron chi connectivity index (χ0n) is 9.57. The summed E-state index contributed by atoms with van der Waals surface area (Å²) in [7, 11) is 0. The van der Waals surface area contributed by atoms with Gasteiger partial charge in [0, 0.05) is 12.1 Å². The Hall–Kier alpha value is -2.29. The summed E-state index contributed by atoms with van der Waals surface area (Å²) >= 11 is 0. The van der Waals surface area contributed by atoms with E-state index in [4.69, 9.17) is 15.7 Å². The van der Waals surface area contributed by atoms with Crippen LogP contribution in [0.1, 0.15) is 30.5 Å². The van der Waals surface area contributed by atoms with Crippen molar-refractivity contribution >= 4 is 5.78 Å². The molecular weight excluding hydrogens is 220 g/mol. The zero-order valence-corrected chi connectivity index (χ0v) is 9.57. The number of nitrogens with one attached hydrogen (secondary N) is 1. The number of aromatic amines is 1. The number of hydrogen-bond acceptors (Lipinski definition) is 5. The maximum absolute atomic E-state index is 12.0. The molecule has 0 fully saturated rings. The number of H-pyrrole nitrogens is 1. The van der Waals surface area contributed by atoms with Crippen molar-refractivity contribution in [3.63, 3.8) is 0 Å². The normalized spacial score (nSPS) is 18.3. The van der Waals surface area contributed by atoms with Crippen LogP contribution in [0.2, 0.25) is 0 Å². The third kappa shape index (κ3) is 1.56. The van der Waals surface area contributed by atoms with Crippen LogP contribution in [0.15, 0.2) is 11.5 Å². The van der Waals surface area contributed by atoms with Crippen LogP contribution in [0.4, 0.5) is 0 Å². The van der Waals surface area contributed by atoms with Gasteiger partial charge in [0.2, 0.25) is 11.8 Å². The van der Waals surface area contributed by atoms with Crippen molar-refractivity contribution < 1.29 is 9.53 Å². The van der Waals surface area contributed by atoms with E-state index in [9.17, 15) is 4.79 Å². The van der Waals surface area contributed by atoms with E-state index in [1.807, 2.05) is 6.07 Å². The fourth-order valence-electron chi connectivity index (χ4n) is 1.92. The summed E-state index contributed by atoms with van der Waals surface area (Å²) in [6, 6.07) is 1.94. The van der Waals surface area contributed by atoms with E-state index < -0.39 is 5.92 Å². The van der Waals surface area contributed by atoms with Crippen LogP contribution in [0.3, 0.4) is 0 Å². The smallest absolute Gasteiger partial charge is 0.244 e. The molecule has 0 aromatic carbocycles. The summed E-state index contributed by atoms with van der Waals surface area (Å²) in [6.45, 7) is 3.53. The highest BCUT2D eigenvalue weighted by Crippen LogP contribution is 2.39. The van der Waals surface area contributed by atoms with Crippen LogP contribution in [-0.2, 0) is 4.79 Å². The topological polar surface area (TPSA) is 105 Å². The van der Waals surface area contributed by atoms with Crippen LogP contribution in [0.25, 0.3) is 0 Å². The molecule has 1 aromatic rings. The molecule has 0 saturated heterocycles. The lowest BCUT2D eigenvalue weighted by atomic mass is 9.86. The Bertz CT molecular complexity index is 550. The first-order valence-corrected chi connectivity index (χ1v) is 5.25. The van der Waals surface area contributed by atoms with E-state index in [2.05, 4.69) is 10.2 Å². The lowest BCUT2D eigenvalue weighted by molar-refractivity contribution is -0.119. The maximum Gasteiger partial charge on any atom is 0.244 e. The van der Waals surface area contributed by atoms with E-state index in [1.54, 1.807) is 13.8 Å². The largest absolute Gasteiger partial charge is 0.420 e. The molecule has 1 atom stereocenters. The van der Waals surface area contributed by atoms with Crippen molar-refractivity contribution in [1.82, 2.24) is 10.2 Å². The monoisotopic (exact) mass is 232 g/mol.